The number of benzene rings is 1. The molecule has 19 heavy (non-hydrogen) atoms. The fourth-order valence-corrected chi connectivity index (χ4v) is 1.49. The summed E-state index contributed by atoms with van der Waals surface area (Å²) in [5.41, 5.74) is 0.311. The molecular weight excluding hydrogens is 265 g/mol. The summed E-state index contributed by atoms with van der Waals surface area (Å²) in [4.78, 5) is 21.8. The third kappa shape index (κ3) is 3.97. The number of carboxylic acids is 1. The minimum Gasteiger partial charge on any atom is -0.497 e. The van der Waals surface area contributed by atoms with Crippen molar-refractivity contribution in [2.75, 3.05) is 7.11 Å². The van der Waals surface area contributed by atoms with E-state index < -0.39 is 30.3 Å². The molecule has 7 heteroatoms. The van der Waals surface area contributed by atoms with Gasteiger partial charge in [0.2, 0.25) is 0 Å². The van der Waals surface area contributed by atoms with Crippen molar-refractivity contribution in [1.29, 1.82) is 0 Å². The van der Waals surface area contributed by atoms with Crippen molar-refractivity contribution in [3.63, 3.8) is 0 Å². The van der Waals surface area contributed by atoms with Crippen molar-refractivity contribution >= 4 is 11.8 Å². The monoisotopic (exact) mass is 276 g/mol. The van der Waals surface area contributed by atoms with Crippen LogP contribution in [0.1, 0.15) is 5.56 Å². The lowest BCUT2D eigenvalue weighted by Gasteiger charge is -2.13. The number of alkyl halides is 3. The average molecular weight is 276 g/mol. The Hall–Kier alpha value is -2.05. The number of hydrogen-bond donors (Lipinski definition) is 1. The number of rotatable bonds is 5. The van der Waals surface area contributed by atoms with Gasteiger partial charge in [0.1, 0.15) is 11.7 Å². The van der Waals surface area contributed by atoms with Crippen molar-refractivity contribution in [2.45, 2.75) is 12.6 Å². The molecule has 1 aromatic rings. The highest BCUT2D eigenvalue weighted by Crippen LogP contribution is 2.24. The van der Waals surface area contributed by atoms with Crippen LogP contribution in [0.3, 0.4) is 0 Å². The summed E-state index contributed by atoms with van der Waals surface area (Å²) >= 11 is 0. The Kier molecular flexibility index (Phi) is 4.52. The van der Waals surface area contributed by atoms with E-state index in [1.807, 2.05) is 0 Å². The molecular formula is C12H11F3O4. The maximum absolute atomic E-state index is 12.2. The minimum absolute atomic E-state index is 0.311. The quantitative estimate of drug-likeness (QED) is 0.836. The van der Waals surface area contributed by atoms with E-state index in [4.69, 9.17) is 9.84 Å². The molecule has 0 fully saturated rings. The number of ether oxygens (including phenoxy) is 1. The van der Waals surface area contributed by atoms with Gasteiger partial charge in [0.15, 0.2) is 0 Å². The van der Waals surface area contributed by atoms with Crippen LogP contribution in [-0.2, 0) is 16.0 Å². The maximum Gasteiger partial charge on any atom is 0.450 e. The zero-order valence-electron chi connectivity index (χ0n) is 9.90. The van der Waals surface area contributed by atoms with E-state index in [0.717, 1.165) is 0 Å². The van der Waals surface area contributed by atoms with Crippen LogP contribution in [0.4, 0.5) is 13.2 Å². The largest absolute Gasteiger partial charge is 0.497 e. The van der Waals surface area contributed by atoms with Gasteiger partial charge in [-0.3, -0.25) is 9.59 Å². The number of carbonyl (C=O) groups is 2. The molecule has 0 aliphatic rings. The van der Waals surface area contributed by atoms with Crippen molar-refractivity contribution in [2.24, 2.45) is 5.92 Å². The molecule has 1 rings (SSSR count). The minimum atomic E-state index is -5.16. The van der Waals surface area contributed by atoms with E-state index in [1.165, 1.54) is 31.4 Å². The van der Waals surface area contributed by atoms with Crippen molar-refractivity contribution in [3.8, 4) is 5.75 Å². The number of hydrogen-bond acceptors (Lipinski definition) is 3. The number of carboxylic acid groups (broad SMARTS) is 1. The predicted molar refractivity (Wildman–Crippen MR) is 58.9 cm³/mol. The predicted octanol–water partition coefficient (Wildman–Crippen LogP) is 2.07. The SMILES string of the molecule is COc1ccc(CC(C(=O)O)C(=O)C(F)(F)F)cc1. The topological polar surface area (TPSA) is 63.6 Å². The van der Waals surface area contributed by atoms with Crippen LogP contribution in [0, 0.1) is 5.92 Å². The second-order valence-corrected chi connectivity index (χ2v) is 3.81. The lowest BCUT2D eigenvalue weighted by atomic mass is 9.95. The van der Waals surface area contributed by atoms with Crippen molar-refractivity contribution in [3.05, 3.63) is 29.8 Å². The zero-order chi connectivity index (χ0) is 14.6. The molecule has 0 saturated heterocycles. The summed E-state index contributed by atoms with van der Waals surface area (Å²) in [7, 11) is 1.42. The molecule has 0 amide bonds. The molecule has 104 valence electrons. The van der Waals surface area contributed by atoms with Gasteiger partial charge in [-0.15, -0.1) is 0 Å². The van der Waals surface area contributed by atoms with E-state index in [9.17, 15) is 22.8 Å². The van der Waals surface area contributed by atoms with Gasteiger partial charge < -0.3 is 9.84 Å². The van der Waals surface area contributed by atoms with Crippen LogP contribution in [0.15, 0.2) is 24.3 Å². The summed E-state index contributed by atoms with van der Waals surface area (Å²) in [5.74, 6) is -5.69. The third-order valence-electron chi connectivity index (χ3n) is 2.49. The number of ketones is 1. The molecule has 0 spiro atoms. The summed E-state index contributed by atoms with van der Waals surface area (Å²) in [6.07, 6.45) is -5.67. The third-order valence-corrected chi connectivity index (χ3v) is 2.49. The number of carbonyl (C=O) groups excluding carboxylic acids is 1. The first kappa shape index (κ1) is 15.0. The molecule has 1 unspecified atom stereocenters. The first-order valence-electron chi connectivity index (χ1n) is 5.22. The smallest absolute Gasteiger partial charge is 0.450 e. The molecule has 4 nitrogen and oxygen atoms in total. The van der Waals surface area contributed by atoms with Gasteiger partial charge in [0, 0.05) is 0 Å². The summed E-state index contributed by atoms with van der Waals surface area (Å²) in [6.45, 7) is 0. The molecule has 0 aliphatic carbocycles. The Bertz CT molecular complexity index is 465. The highest BCUT2D eigenvalue weighted by atomic mass is 19.4. The fraction of sp³-hybridized carbons (Fsp3) is 0.333. The first-order valence-corrected chi connectivity index (χ1v) is 5.22. The van der Waals surface area contributed by atoms with Crippen LogP contribution >= 0.6 is 0 Å². The maximum atomic E-state index is 12.2. The molecule has 0 aromatic heterocycles. The Morgan fingerprint density at radius 2 is 1.79 bits per heavy atom. The molecule has 1 N–H and O–H groups in total. The van der Waals surface area contributed by atoms with Gasteiger partial charge >= 0.3 is 12.1 Å². The van der Waals surface area contributed by atoms with E-state index in [1.54, 1.807) is 0 Å². The molecule has 1 atom stereocenters. The van der Waals surface area contributed by atoms with Crippen LogP contribution in [0.25, 0.3) is 0 Å². The lowest BCUT2D eigenvalue weighted by molar-refractivity contribution is -0.179. The van der Waals surface area contributed by atoms with Crippen molar-refractivity contribution in [1.82, 2.24) is 0 Å². The molecule has 0 heterocycles. The van der Waals surface area contributed by atoms with Gasteiger partial charge in [-0.05, 0) is 24.1 Å². The van der Waals surface area contributed by atoms with E-state index in [2.05, 4.69) is 0 Å². The van der Waals surface area contributed by atoms with Gasteiger partial charge in [0.25, 0.3) is 5.78 Å². The number of methoxy groups -OCH3 is 1. The molecule has 0 saturated carbocycles. The van der Waals surface area contributed by atoms with Crippen LogP contribution < -0.4 is 4.74 Å². The molecule has 0 bridgehead atoms. The summed E-state index contributed by atoms with van der Waals surface area (Å²) in [6, 6.07) is 5.79. The van der Waals surface area contributed by atoms with Gasteiger partial charge in [0.05, 0.1) is 7.11 Å². The van der Waals surface area contributed by atoms with Gasteiger partial charge in [-0.25, -0.2) is 0 Å². The fourth-order valence-electron chi connectivity index (χ4n) is 1.49. The second kappa shape index (κ2) is 5.73. The molecule has 1 aromatic carbocycles. The van der Waals surface area contributed by atoms with Crippen molar-refractivity contribution < 1.29 is 32.6 Å². The Morgan fingerprint density at radius 3 is 2.16 bits per heavy atom. The number of Topliss-reactive ketones (excluding diaryl/α,β-unsaturated/α-hetero) is 1. The van der Waals surface area contributed by atoms with Gasteiger partial charge in [-0.2, -0.15) is 13.2 Å². The van der Waals surface area contributed by atoms with E-state index >= 15 is 0 Å². The number of aliphatic carboxylic acids is 1. The summed E-state index contributed by atoms with van der Waals surface area (Å²) < 4.78 is 41.6. The molecule has 0 radical (unpaired) electrons. The average Bonchev–Trinajstić information content (AvgIpc) is 2.34. The highest BCUT2D eigenvalue weighted by Gasteiger charge is 2.46. The van der Waals surface area contributed by atoms with E-state index in [0.29, 0.717) is 11.3 Å². The number of halogens is 3. The first-order chi connectivity index (χ1) is 8.75. The Morgan fingerprint density at radius 1 is 1.26 bits per heavy atom. The normalized spacial score (nSPS) is 12.8. The molecule has 0 aliphatic heterocycles. The standard InChI is InChI=1S/C12H11F3O4/c1-19-8-4-2-7(3-5-8)6-9(11(17)18)10(16)12(13,14)15/h2-5,9H,6H2,1H3,(H,17,18). The zero-order valence-corrected chi connectivity index (χ0v) is 9.90. The highest BCUT2D eigenvalue weighted by molar-refractivity contribution is 6.01. The summed E-state index contributed by atoms with van der Waals surface area (Å²) in [5, 5.41) is 8.72. The second-order valence-electron chi connectivity index (χ2n) is 3.81. The van der Waals surface area contributed by atoms with Crippen LogP contribution in [0.5, 0.6) is 5.75 Å². The van der Waals surface area contributed by atoms with Gasteiger partial charge in [-0.1, -0.05) is 12.1 Å². The van der Waals surface area contributed by atoms with E-state index in [-0.39, 0.29) is 0 Å². The van der Waals surface area contributed by atoms with Crippen LogP contribution in [-0.4, -0.2) is 30.1 Å². The lowest BCUT2D eigenvalue weighted by Crippen LogP contribution is -2.36. The Labute approximate surface area is 106 Å². The van der Waals surface area contributed by atoms with Crippen LogP contribution in [0.2, 0.25) is 0 Å². The Balaban J connectivity index is 2.90.